The van der Waals surface area contributed by atoms with Crippen LogP contribution in [0.25, 0.3) is 6.08 Å². The zero-order valence-electron chi connectivity index (χ0n) is 16.5. The van der Waals surface area contributed by atoms with Crippen molar-refractivity contribution < 1.29 is 19.0 Å². The van der Waals surface area contributed by atoms with Crippen LogP contribution < -0.4 is 19.5 Å². The molecule has 0 aromatic heterocycles. The minimum Gasteiger partial charge on any atom is -0.494 e. The van der Waals surface area contributed by atoms with Crippen molar-refractivity contribution in [1.82, 2.24) is 5.32 Å². The van der Waals surface area contributed by atoms with Gasteiger partial charge < -0.3 is 19.5 Å². The maximum absolute atomic E-state index is 12.4. The second-order valence-corrected chi connectivity index (χ2v) is 7.20. The van der Waals surface area contributed by atoms with Crippen LogP contribution >= 0.6 is 11.8 Å². The summed E-state index contributed by atoms with van der Waals surface area (Å²) in [7, 11) is 3.17. The standard InChI is InChI=1S/C22H22N2O4S/c1-5-10-28-18-9-7-15(12-19(18)27-4)13-20-21(25)24-22(29-20)23-16-11-14(2)6-8-17(16)26-3/h5-9,11-13H,1,10H2,2-4H3,(H,23,24,25). The largest absolute Gasteiger partial charge is 0.494 e. The van der Waals surface area contributed by atoms with Crippen LogP contribution in [0.4, 0.5) is 5.69 Å². The number of carbonyl (C=O) groups is 1. The summed E-state index contributed by atoms with van der Waals surface area (Å²) in [5.41, 5.74) is 2.54. The van der Waals surface area contributed by atoms with Crippen molar-refractivity contribution in [3.05, 3.63) is 65.1 Å². The number of carbonyl (C=O) groups excluding carboxylic acids is 1. The van der Waals surface area contributed by atoms with Crippen molar-refractivity contribution in [3.8, 4) is 17.2 Å². The molecule has 1 aliphatic heterocycles. The van der Waals surface area contributed by atoms with Crippen LogP contribution in [0.3, 0.4) is 0 Å². The number of amidine groups is 1. The van der Waals surface area contributed by atoms with Gasteiger partial charge in [-0.2, -0.15) is 0 Å². The van der Waals surface area contributed by atoms with Crippen molar-refractivity contribution in [2.24, 2.45) is 4.99 Å². The van der Waals surface area contributed by atoms with Crippen LogP contribution in [0.2, 0.25) is 0 Å². The van der Waals surface area contributed by atoms with Crippen LogP contribution in [0.5, 0.6) is 17.2 Å². The van der Waals surface area contributed by atoms with E-state index in [1.54, 1.807) is 32.4 Å². The molecule has 0 aliphatic carbocycles. The van der Waals surface area contributed by atoms with Gasteiger partial charge in [0.05, 0.1) is 19.1 Å². The molecule has 1 saturated heterocycles. The fraction of sp³-hybridized carbons (Fsp3) is 0.182. The third-order valence-electron chi connectivity index (χ3n) is 4.05. The second kappa shape index (κ2) is 9.34. The Balaban J connectivity index is 1.84. The maximum Gasteiger partial charge on any atom is 0.264 e. The lowest BCUT2D eigenvalue weighted by Gasteiger charge is -2.09. The van der Waals surface area contributed by atoms with Gasteiger partial charge in [-0.1, -0.05) is 24.8 Å². The van der Waals surface area contributed by atoms with Crippen molar-refractivity contribution in [1.29, 1.82) is 0 Å². The average molecular weight is 410 g/mol. The predicted octanol–water partition coefficient (Wildman–Crippen LogP) is 4.47. The van der Waals surface area contributed by atoms with Gasteiger partial charge in [0.2, 0.25) is 0 Å². The zero-order chi connectivity index (χ0) is 20.8. The molecule has 150 valence electrons. The monoisotopic (exact) mass is 410 g/mol. The Morgan fingerprint density at radius 3 is 2.59 bits per heavy atom. The van der Waals surface area contributed by atoms with Gasteiger partial charge in [-0.05, 0) is 60.2 Å². The van der Waals surface area contributed by atoms with Gasteiger partial charge in [0, 0.05) is 0 Å². The number of hydrogen-bond donors (Lipinski definition) is 1. The summed E-state index contributed by atoms with van der Waals surface area (Å²) in [5, 5.41) is 3.30. The quantitative estimate of drug-likeness (QED) is 0.539. The molecule has 1 aliphatic rings. The molecule has 0 spiro atoms. The van der Waals surface area contributed by atoms with Crippen molar-refractivity contribution >= 4 is 34.6 Å². The van der Waals surface area contributed by atoms with Crippen molar-refractivity contribution in [2.75, 3.05) is 20.8 Å². The number of methoxy groups -OCH3 is 2. The number of nitrogens with one attached hydrogen (secondary N) is 1. The fourth-order valence-corrected chi connectivity index (χ4v) is 3.51. The lowest BCUT2D eigenvalue weighted by molar-refractivity contribution is -0.115. The van der Waals surface area contributed by atoms with E-state index >= 15 is 0 Å². The van der Waals surface area contributed by atoms with Gasteiger partial charge in [-0.3, -0.25) is 4.79 Å². The predicted molar refractivity (Wildman–Crippen MR) is 117 cm³/mol. The number of aliphatic imine (C=N–C) groups is 1. The Bertz CT molecular complexity index is 998. The van der Waals surface area contributed by atoms with Crippen molar-refractivity contribution in [2.45, 2.75) is 6.92 Å². The van der Waals surface area contributed by atoms with Crippen LogP contribution in [0, 0.1) is 6.92 Å². The first-order chi connectivity index (χ1) is 14.0. The van der Waals surface area contributed by atoms with Gasteiger partial charge in [0.1, 0.15) is 18.0 Å². The van der Waals surface area contributed by atoms with Gasteiger partial charge in [0.25, 0.3) is 5.91 Å². The first kappa shape index (κ1) is 20.5. The van der Waals surface area contributed by atoms with Gasteiger partial charge >= 0.3 is 0 Å². The minimum atomic E-state index is -0.202. The van der Waals surface area contributed by atoms with Crippen LogP contribution in [0.15, 0.2) is 59.0 Å². The van der Waals surface area contributed by atoms with E-state index in [1.807, 2.05) is 37.3 Å². The van der Waals surface area contributed by atoms with Gasteiger partial charge in [-0.25, -0.2) is 4.99 Å². The smallest absolute Gasteiger partial charge is 0.264 e. The summed E-state index contributed by atoms with van der Waals surface area (Å²) in [6.45, 7) is 6.00. The van der Waals surface area contributed by atoms with Gasteiger partial charge in [0.15, 0.2) is 16.7 Å². The molecule has 2 aromatic carbocycles. The molecule has 1 heterocycles. The van der Waals surface area contributed by atoms with E-state index in [-0.39, 0.29) is 5.91 Å². The third-order valence-corrected chi connectivity index (χ3v) is 4.96. The number of nitrogens with zero attached hydrogens (tertiary/aromatic N) is 1. The van der Waals surface area contributed by atoms with Gasteiger partial charge in [-0.15, -0.1) is 0 Å². The van der Waals surface area contributed by atoms with Crippen molar-refractivity contribution in [3.63, 3.8) is 0 Å². The highest BCUT2D eigenvalue weighted by atomic mass is 32.2. The molecule has 1 N–H and O–H groups in total. The summed E-state index contributed by atoms with van der Waals surface area (Å²) in [4.78, 5) is 17.5. The molecule has 6 nitrogen and oxygen atoms in total. The number of benzene rings is 2. The maximum atomic E-state index is 12.4. The number of aryl methyl sites for hydroxylation is 1. The van der Waals surface area contributed by atoms with E-state index in [1.165, 1.54) is 11.8 Å². The lowest BCUT2D eigenvalue weighted by atomic mass is 10.2. The second-order valence-electron chi connectivity index (χ2n) is 6.17. The molecule has 29 heavy (non-hydrogen) atoms. The van der Waals surface area contributed by atoms with Crippen LogP contribution in [-0.2, 0) is 4.79 Å². The highest BCUT2D eigenvalue weighted by molar-refractivity contribution is 8.18. The summed E-state index contributed by atoms with van der Waals surface area (Å²) in [6, 6.07) is 11.2. The Hall–Kier alpha value is -3.19. The fourth-order valence-electron chi connectivity index (χ4n) is 2.67. The normalized spacial score (nSPS) is 16.0. The minimum absolute atomic E-state index is 0.202. The summed E-state index contributed by atoms with van der Waals surface area (Å²) in [6.07, 6.45) is 3.45. The molecule has 0 atom stereocenters. The van der Waals surface area contributed by atoms with E-state index in [9.17, 15) is 4.79 Å². The Labute approximate surface area is 174 Å². The number of rotatable bonds is 7. The molecule has 3 rings (SSSR count). The third kappa shape index (κ3) is 5.00. The molecule has 1 fully saturated rings. The highest BCUT2D eigenvalue weighted by Crippen LogP contribution is 2.34. The first-order valence-corrected chi connectivity index (χ1v) is 9.71. The Kier molecular flexibility index (Phi) is 6.61. The number of hydrogen-bond acceptors (Lipinski definition) is 6. The molecule has 2 aromatic rings. The summed E-state index contributed by atoms with van der Waals surface area (Å²) in [5.74, 6) is 1.65. The molecule has 0 unspecified atom stereocenters. The number of thioether (sulfide) groups is 1. The summed E-state index contributed by atoms with van der Waals surface area (Å²) >= 11 is 1.27. The van der Waals surface area contributed by atoms with E-state index in [0.717, 1.165) is 11.1 Å². The first-order valence-electron chi connectivity index (χ1n) is 8.90. The molecule has 1 amide bonds. The van der Waals surface area contributed by atoms with Crippen LogP contribution in [0.1, 0.15) is 11.1 Å². The number of ether oxygens (including phenoxy) is 3. The molecule has 0 radical (unpaired) electrons. The zero-order valence-corrected chi connectivity index (χ0v) is 17.3. The van der Waals surface area contributed by atoms with Crippen LogP contribution in [-0.4, -0.2) is 31.9 Å². The SMILES string of the molecule is C=CCOc1ccc(C=C2SC(=Nc3cc(C)ccc3OC)NC2=O)cc1OC. The van der Waals surface area contributed by atoms with E-state index in [4.69, 9.17) is 14.2 Å². The summed E-state index contributed by atoms with van der Waals surface area (Å²) < 4.78 is 16.3. The Morgan fingerprint density at radius 2 is 1.86 bits per heavy atom. The molecular formula is C22H22N2O4S. The highest BCUT2D eigenvalue weighted by Gasteiger charge is 2.24. The van der Waals surface area contributed by atoms with E-state index < -0.39 is 0 Å². The van der Waals surface area contributed by atoms with E-state index in [0.29, 0.717) is 39.6 Å². The van der Waals surface area contributed by atoms with E-state index in [2.05, 4.69) is 16.9 Å². The number of amides is 1. The average Bonchev–Trinajstić information content (AvgIpc) is 3.05. The molecule has 0 saturated carbocycles. The molecule has 0 bridgehead atoms. The topological polar surface area (TPSA) is 69.2 Å². The lowest BCUT2D eigenvalue weighted by Crippen LogP contribution is -2.19. The molecule has 7 heteroatoms. The Morgan fingerprint density at radius 1 is 1.10 bits per heavy atom. The molecular weight excluding hydrogens is 388 g/mol.